The molecule has 0 saturated carbocycles. The van der Waals surface area contributed by atoms with E-state index in [1.807, 2.05) is 49.4 Å². The smallest absolute Gasteiger partial charge is 0.338 e. The van der Waals surface area contributed by atoms with Crippen LogP contribution in [0.1, 0.15) is 34.1 Å². The zero-order chi connectivity index (χ0) is 19.1. The third-order valence-corrected chi connectivity index (χ3v) is 4.05. The summed E-state index contributed by atoms with van der Waals surface area (Å²) in [6.07, 6.45) is 0.765. The minimum Gasteiger partial charge on any atom is -0.462 e. The van der Waals surface area contributed by atoms with Crippen LogP contribution in [0.2, 0.25) is 0 Å². The highest BCUT2D eigenvalue weighted by atomic mass is 16.5. The molecule has 0 radical (unpaired) electrons. The summed E-state index contributed by atoms with van der Waals surface area (Å²) in [5.41, 5.74) is 3.67. The second-order valence-electron chi connectivity index (χ2n) is 6.11. The maximum Gasteiger partial charge on any atom is 0.338 e. The van der Waals surface area contributed by atoms with E-state index in [-0.39, 0.29) is 11.9 Å². The van der Waals surface area contributed by atoms with Gasteiger partial charge in [-0.25, -0.2) is 4.79 Å². The van der Waals surface area contributed by atoms with Gasteiger partial charge in [-0.3, -0.25) is 4.79 Å². The van der Waals surface area contributed by atoms with E-state index in [4.69, 9.17) is 4.74 Å². The topological polar surface area (TPSA) is 55.4 Å². The minimum absolute atomic E-state index is 0.228. The fourth-order valence-electron chi connectivity index (χ4n) is 2.65. The third kappa shape index (κ3) is 4.82. The normalized spacial score (nSPS) is 10.3. The Labute approximate surface area is 158 Å². The van der Waals surface area contributed by atoms with Crippen LogP contribution >= 0.6 is 0 Å². The molecule has 0 fully saturated rings. The van der Waals surface area contributed by atoms with Crippen LogP contribution in [0.3, 0.4) is 0 Å². The second-order valence-corrected chi connectivity index (χ2v) is 6.11. The average molecular weight is 359 g/mol. The second kappa shape index (κ2) is 8.81. The monoisotopic (exact) mass is 359 g/mol. The van der Waals surface area contributed by atoms with E-state index in [2.05, 4.69) is 5.32 Å². The summed E-state index contributed by atoms with van der Waals surface area (Å²) in [5, 5.41) is 2.82. The van der Waals surface area contributed by atoms with Crippen LogP contribution in [0.15, 0.2) is 78.9 Å². The molecular formula is C23H21NO3. The van der Waals surface area contributed by atoms with Crippen LogP contribution in [-0.2, 0) is 4.74 Å². The summed E-state index contributed by atoms with van der Waals surface area (Å²) >= 11 is 0. The molecule has 27 heavy (non-hydrogen) atoms. The van der Waals surface area contributed by atoms with Gasteiger partial charge in [-0.2, -0.15) is 0 Å². The lowest BCUT2D eigenvalue weighted by molar-refractivity contribution is 0.0505. The maximum absolute atomic E-state index is 12.5. The minimum atomic E-state index is -0.389. The van der Waals surface area contributed by atoms with E-state index in [0.717, 1.165) is 17.5 Å². The Kier molecular flexibility index (Phi) is 6.00. The van der Waals surface area contributed by atoms with Gasteiger partial charge in [-0.15, -0.1) is 0 Å². The number of ether oxygens (including phenoxy) is 1. The zero-order valence-electron chi connectivity index (χ0n) is 15.1. The lowest BCUT2D eigenvalue weighted by Gasteiger charge is -2.08. The number of hydrogen-bond acceptors (Lipinski definition) is 3. The molecule has 0 aliphatic heterocycles. The first kappa shape index (κ1) is 18.4. The largest absolute Gasteiger partial charge is 0.462 e. The number of hydrogen-bond donors (Lipinski definition) is 1. The van der Waals surface area contributed by atoms with Crippen molar-refractivity contribution in [3.05, 3.63) is 90.0 Å². The predicted octanol–water partition coefficient (Wildman–Crippen LogP) is 5.17. The fraction of sp³-hybridized carbons (Fsp3) is 0.130. The Balaban J connectivity index is 1.69. The van der Waals surface area contributed by atoms with Crippen molar-refractivity contribution in [1.29, 1.82) is 0 Å². The van der Waals surface area contributed by atoms with Gasteiger partial charge in [0.05, 0.1) is 12.2 Å². The number of carbonyl (C=O) groups excluding carboxylic acids is 2. The Hall–Kier alpha value is -3.40. The van der Waals surface area contributed by atoms with Crippen molar-refractivity contribution in [3.8, 4) is 11.1 Å². The van der Waals surface area contributed by atoms with Crippen LogP contribution < -0.4 is 5.32 Å². The van der Waals surface area contributed by atoms with Gasteiger partial charge in [-0.1, -0.05) is 55.5 Å². The van der Waals surface area contributed by atoms with E-state index in [1.165, 1.54) is 0 Å². The summed E-state index contributed by atoms with van der Waals surface area (Å²) < 4.78 is 5.13. The first-order chi connectivity index (χ1) is 13.2. The van der Waals surface area contributed by atoms with Gasteiger partial charge in [-0.05, 0) is 47.9 Å². The first-order valence-corrected chi connectivity index (χ1v) is 8.91. The quantitative estimate of drug-likeness (QED) is 0.618. The number of carbonyl (C=O) groups is 2. The molecule has 0 aromatic heterocycles. The summed E-state index contributed by atoms with van der Waals surface area (Å²) in [6, 6.07) is 24.1. The van der Waals surface area contributed by atoms with Gasteiger partial charge in [0.25, 0.3) is 5.91 Å². The molecule has 3 rings (SSSR count). The molecule has 1 amide bonds. The van der Waals surface area contributed by atoms with Gasteiger partial charge < -0.3 is 10.1 Å². The van der Waals surface area contributed by atoms with Crippen molar-refractivity contribution in [2.45, 2.75) is 13.3 Å². The molecule has 0 saturated heterocycles. The standard InChI is InChI=1S/C23H21NO3/c1-2-15-27-23(26)20-9-6-10-21(16-20)24-22(25)19-13-11-18(12-14-19)17-7-4-3-5-8-17/h3-14,16H,2,15H2,1H3,(H,24,25). The van der Waals surface area contributed by atoms with Crippen molar-refractivity contribution in [2.75, 3.05) is 11.9 Å². The van der Waals surface area contributed by atoms with E-state index < -0.39 is 0 Å². The molecule has 0 atom stereocenters. The van der Waals surface area contributed by atoms with Gasteiger partial charge >= 0.3 is 5.97 Å². The summed E-state index contributed by atoms with van der Waals surface area (Å²) in [6.45, 7) is 2.32. The van der Waals surface area contributed by atoms with Crippen LogP contribution in [0, 0.1) is 0 Å². The van der Waals surface area contributed by atoms with Crippen LogP contribution in [-0.4, -0.2) is 18.5 Å². The molecule has 3 aromatic carbocycles. The molecule has 0 aliphatic carbocycles. The van der Waals surface area contributed by atoms with E-state index in [1.54, 1.807) is 36.4 Å². The summed E-state index contributed by atoms with van der Waals surface area (Å²) in [4.78, 5) is 24.4. The van der Waals surface area contributed by atoms with Gasteiger partial charge in [0.1, 0.15) is 0 Å². The highest BCUT2D eigenvalue weighted by molar-refractivity contribution is 6.05. The third-order valence-electron chi connectivity index (χ3n) is 4.05. The molecule has 1 N–H and O–H groups in total. The van der Waals surface area contributed by atoms with Crippen LogP contribution in [0.4, 0.5) is 5.69 Å². The molecular weight excluding hydrogens is 338 g/mol. The molecule has 0 spiro atoms. The van der Waals surface area contributed by atoms with Crippen LogP contribution in [0.25, 0.3) is 11.1 Å². The van der Waals surface area contributed by atoms with Gasteiger partial charge in [0, 0.05) is 11.3 Å². The Morgan fingerprint density at radius 1 is 0.815 bits per heavy atom. The molecule has 0 unspecified atom stereocenters. The Bertz CT molecular complexity index is 918. The summed E-state index contributed by atoms with van der Waals surface area (Å²) in [7, 11) is 0. The highest BCUT2D eigenvalue weighted by Gasteiger charge is 2.10. The van der Waals surface area contributed by atoms with Crippen molar-refractivity contribution in [3.63, 3.8) is 0 Å². The molecule has 4 heteroatoms. The Morgan fingerprint density at radius 3 is 2.22 bits per heavy atom. The number of amides is 1. The van der Waals surface area contributed by atoms with Crippen molar-refractivity contribution in [2.24, 2.45) is 0 Å². The SMILES string of the molecule is CCCOC(=O)c1cccc(NC(=O)c2ccc(-c3ccccc3)cc2)c1. The lowest BCUT2D eigenvalue weighted by atomic mass is 10.0. The number of nitrogens with one attached hydrogen (secondary N) is 1. The lowest BCUT2D eigenvalue weighted by Crippen LogP contribution is -2.13. The first-order valence-electron chi connectivity index (χ1n) is 8.91. The fourth-order valence-corrected chi connectivity index (χ4v) is 2.65. The zero-order valence-corrected chi connectivity index (χ0v) is 15.1. The van der Waals surface area contributed by atoms with Crippen LogP contribution in [0.5, 0.6) is 0 Å². The predicted molar refractivity (Wildman–Crippen MR) is 107 cm³/mol. The van der Waals surface area contributed by atoms with Crippen molar-refractivity contribution in [1.82, 2.24) is 0 Å². The molecule has 0 bridgehead atoms. The number of rotatable bonds is 6. The summed E-state index contributed by atoms with van der Waals surface area (Å²) in [5.74, 6) is -0.617. The maximum atomic E-state index is 12.5. The Morgan fingerprint density at radius 2 is 1.52 bits per heavy atom. The highest BCUT2D eigenvalue weighted by Crippen LogP contribution is 2.20. The molecule has 136 valence electrons. The van der Waals surface area contributed by atoms with E-state index >= 15 is 0 Å². The van der Waals surface area contributed by atoms with Gasteiger partial charge in [0.15, 0.2) is 0 Å². The van der Waals surface area contributed by atoms with Gasteiger partial charge in [0.2, 0.25) is 0 Å². The number of benzene rings is 3. The molecule has 3 aromatic rings. The molecule has 4 nitrogen and oxygen atoms in total. The molecule has 0 heterocycles. The number of anilines is 1. The van der Waals surface area contributed by atoms with Crippen molar-refractivity contribution < 1.29 is 14.3 Å². The van der Waals surface area contributed by atoms with E-state index in [9.17, 15) is 9.59 Å². The van der Waals surface area contributed by atoms with Crippen molar-refractivity contribution >= 4 is 17.6 Å². The molecule has 0 aliphatic rings. The number of esters is 1. The van der Waals surface area contributed by atoms with E-state index in [0.29, 0.717) is 23.4 Å². The average Bonchev–Trinajstić information content (AvgIpc) is 2.73.